The molecule has 1 saturated heterocycles. The molecule has 0 radical (unpaired) electrons. The van der Waals surface area contributed by atoms with Gasteiger partial charge in [-0.2, -0.15) is 0 Å². The van der Waals surface area contributed by atoms with E-state index in [9.17, 15) is 23.1 Å². The van der Waals surface area contributed by atoms with Crippen molar-refractivity contribution in [2.24, 2.45) is 11.8 Å². The number of carbonyl (C=O) groups is 2. The summed E-state index contributed by atoms with van der Waals surface area (Å²) in [5.74, 6) is -2.07. The lowest BCUT2D eigenvalue weighted by Gasteiger charge is -2.24. The summed E-state index contributed by atoms with van der Waals surface area (Å²) in [6, 6.07) is 8.74. The van der Waals surface area contributed by atoms with Crippen molar-refractivity contribution in [1.82, 2.24) is 4.90 Å². The maximum atomic E-state index is 12.5. The van der Waals surface area contributed by atoms with Crippen LogP contribution in [-0.4, -0.2) is 54.4 Å². The van der Waals surface area contributed by atoms with E-state index >= 15 is 0 Å². The average Bonchev–Trinajstić information content (AvgIpc) is 3.15. The molecule has 0 spiro atoms. The number of sulfone groups is 1. The molecule has 0 bridgehead atoms. The standard InChI is InChI=1S/C19H25NO5S/c21-17(20-12-15-9-4-10-16(15)18(20)19(22)23)13-26(24,25)11-5-8-14-6-2-1-3-7-14/h1-3,6-7,15-16,18H,4-5,8-13H2,(H,22,23). The molecule has 1 N–H and O–H groups in total. The van der Waals surface area contributed by atoms with Crippen LogP contribution >= 0.6 is 0 Å². The summed E-state index contributed by atoms with van der Waals surface area (Å²) in [6.07, 6.45) is 3.79. The van der Waals surface area contributed by atoms with E-state index in [2.05, 4.69) is 0 Å². The van der Waals surface area contributed by atoms with Crippen molar-refractivity contribution in [2.45, 2.75) is 38.1 Å². The summed E-state index contributed by atoms with van der Waals surface area (Å²) < 4.78 is 24.6. The number of nitrogens with zero attached hydrogens (tertiary/aromatic N) is 1. The summed E-state index contributed by atoms with van der Waals surface area (Å²) in [4.78, 5) is 25.4. The third kappa shape index (κ3) is 4.26. The Labute approximate surface area is 154 Å². The SMILES string of the molecule is O=C(O)C1C2CCCC2CN1C(=O)CS(=O)(=O)CCCc1ccccc1. The minimum Gasteiger partial charge on any atom is -0.480 e. The largest absolute Gasteiger partial charge is 0.480 e. The van der Waals surface area contributed by atoms with E-state index in [0.29, 0.717) is 19.4 Å². The lowest BCUT2D eigenvalue weighted by Crippen LogP contribution is -2.45. The first-order valence-electron chi connectivity index (χ1n) is 9.14. The summed E-state index contributed by atoms with van der Waals surface area (Å²) >= 11 is 0. The van der Waals surface area contributed by atoms with E-state index in [4.69, 9.17) is 0 Å². The lowest BCUT2D eigenvalue weighted by atomic mass is 9.94. The Hall–Kier alpha value is -1.89. The zero-order chi connectivity index (χ0) is 18.7. The summed E-state index contributed by atoms with van der Waals surface area (Å²) in [5.41, 5.74) is 1.06. The number of carbonyl (C=O) groups excluding carboxylic acids is 1. The molecule has 2 fully saturated rings. The van der Waals surface area contributed by atoms with E-state index in [1.165, 1.54) is 4.90 Å². The first-order valence-corrected chi connectivity index (χ1v) is 11.0. The Morgan fingerprint density at radius 1 is 1.15 bits per heavy atom. The van der Waals surface area contributed by atoms with Crippen LogP contribution in [0.15, 0.2) is 30.3 Å². The molecular formula is C19H25NO5S. The first kappa shape index (κ1) is 18.9. The Kier molecular flexibility index (Phi) is 5.65. The van der Waals surface area contributed by atoms with Crippen LogP contribution in [0.1, 0.15) is 31.2 Å². The molecule has 1 saturated carbocycles. The second-order valence-electron chi connectivity index (χ2n) is 7.37. The minimum absolute atomic E-state index is 0.0303. The minimum atomic E-state index is -3.55. The van der Waals surface area contributed by atoms with Crippen molar-refractivity contribution in [3.8, 4) is 0 Å². The highest BCUT2D eigenvalue weighted by Gasteiger charge is 2.49. The number of rotatable bonds is 7. The van der Waals surface area contributed by atoms with E-state index in [1.807, 2.05) is 30.3 Å². The van der Waals surface area contributed by atoms with Crippen molar-refractivity contribution >= 4 is 21.7 Å². The maximum Gasteiger partial charge on any atom is 0.326 e. The number of hydrogen-bond donors (Lipinski definition) is 1. The monoisotopic (exact) mass is 379 g/mol. The molecule has 1 aliphatic carbocycles. The summed E-state index contributed by atoms with van der Waals surface area (Å²) in [6.45, 7) is 0.375. The van der Waals surface area contributed by atoms with Crippen LogP contribution in [0.5, 0.6) is 0 Å². The highest BCUT2D eigenvalue weighted by molar-refractivity contribution is 7.92. The van der Waals surface area contributed by atoms with Crippen molar-refractivity contribution in [1.29, 1.82) is 0 Å². The van der Waals surface area contributed by atoms with Crippen molar-refractivity contribution in [3.05, 3.63) is 35.9 Å². The molecule has 1 amide bonds. The quantitative estimate of drug-likeness (QED) is 0.779. The number of carboxylic acids is 1. The van der Waals surface area contributed by atoms with Crippen molar-refractivity contribution < 1.29 is 23.1 Å². The highest BCUT2D eigenvalue weighted by atomic mass is 32.2. The molecule has 3 rings (SSSR count). The fourth-order valence-corrected chi connectivity index (χ4v) is 5.63. The van der Waals surface area contributed by atoms with Gasteiger partial charge in [0.05, 0.1) is 5.75 Å². The molecule has 26 heavy (non-hydrogen) atoms. The van der Waals surface area contributed by atoms with Crippen LogP contribution in [0.2, 0.25) is 0 Å². The normalized spacial score (nSPS) is 25.2. The van der Waals surface area contributed by atoms with Gasteiger partial charge in [0.25, 0.3) is 0 Å². The number of amides is 1. The van der Waals surface area contributed by atoms with Gasteiger partial charge in [0, 0.05) is 6.54 Å². The zero-order valence-corrected chi connectivity index (χ0v) is 15.5. The number of carboxylic acid groups (broad SMARTS) is 1. The van der Waals surface area contributed by atoms with Gasteiger partial charge in [-0.1, -0.05) is 36.8 Å². The molecular weight excluding hydrogens is 354 g/mol. The van der Waals surface area contributed by atoms with Gasteiger partial charge in [-0.15, -0.1) is 0 Å². The van der Waals surface area contributed by atoms with E-state index in [-0.39, 0.29) is 17.6 Å². The van der Waals surface area contributed by atoms with Gasteiger partial charge in [0.1, 0.15) is 11.8 Å². The first-order chi connectivity index (χ1) is 12.4. The third-order valence-corrected chi connectivity index (χ3v) is 7.17. The number of aryl methyl sites for hydroxylation is 1. The maximum absolute atomic E-state index is 12.5. The van der Waals surface area contributed by atoms with Crippen LogP contribution in [0.4, 0.5) is 0 Å². The van der Waals surface area contributed by atoms with E-state index in [0.717, 1.165) is 24.8 Å². The fraction of sp³-hybridized carbons (Fsp3) is 0.579. The number of benzene rings is 1. The van der Waals surface area contributed by atoms with Crippen LogP contribution in [0.25, 0.3) is 0 Å². The third-order valence-electron chi connectivity index (χ3n) is 5.57. The smallest absolute Gasteiger partial charge is 0.326 e. The molecule has 3 atom stereocenters. The van der Waals surface area contributed by atoms with Gasteiger partial charge in [-0.25, -0.2) is 13.2 Å². The number of hydrogen-bond acceptors (Lipinski definition) is 4. The molecule has 0 aromatic heterocycles. The Balaban J connectivity index is 1.56. The van der Waals surface area contributed by atoms with Gasteiger partial charge < -0.3 is 10.0 Å². The molecule has 1 aromatic rings. The lowest BCUT2D eigenvalue weighted by molar-refractivity contribution is -0.148. The molecule has 142 valence electrons. The Morgan fingerprint density at radius 2 is 1.88 bits per heavy atom. The molecule has 1 aromatic carbocycles. The van der Waals surface area contributed by atoms with E-state index < -0.39 is 33.5 Å². The van der Waals surface area contributed by atoms with Crippen LogP contribution in [0, 0.1) is 11.8 Å². The highest BCUT2D eigenvalue weighted by Crippen LogP contribution is 2.42. The van der Waals surface area contributed by atoms with Gasteiger partial charge in [-0.3, -0.25) is 4.79 Å². The zero-order valence-electron chi connectivity index (χ0n) is 14.7. The molecule has 1 heterocycles. The molecule has 7 heteroatoms. The van der Waals surface area contributed by atoms with E-state index in [1.54, 1.807) is 0 Å². The predicted molar refractivity (Wildman–Crippen MR) is 97.4 cm³/mol. The predicted octanol–water partition coefficient (Wildman–Crippen LogP) is 1.75. The molecule has 2 aliphatic rings. The van der Waals surface area contributed by atoms with Crippen LogP contribution in [0.3, 0.4) is 0 Å². The Morgan fingerprint density at radius 3 is 2.58 bits per heavy atom. The number of aliphatic carboxylic acids is 1. The van der Waals surface area contributed by atoms with Gasteiger partial charge in [0.2, 0.25) is 5.91 Å². The summed E-state index contributed by atoms with van der Waals surface area (Å²) in [5, 5.41) is 9.50. The second-order valence-corrected chi connectivity index (χ2v) is 9.55. The van der Waals surface area contributed by atoms with Gasteiger partial charge in [-0.05, 0) is 43.1 Å². The van der Waals surface area contributed by atoms with Crippen molar-refractivity contribution in [2.75, 3.05) is 18.1 Å². The number of fused-ring (bicyclic) bond motifs is 1. The van der Waals surface area contributed by atoms with Gasteiger partial charge in [0.15, 0.2) is 9.84 Å². The van der Waals surface area contributed by atoms with Gasteiger partial charge >= 0.3 is 5.97 Å². The topological polar surface area (TPSA) is 91.8 Å². The van der Waals surface area contributed by atoms with Crippen molar-refractivity contribution in [3.63, 3.8) is 0 Å². The molecule has 3 unspecified atom stereocenters. The molecule has 6 nitrogen and oxygen atoms in total. The summed E-state index contributed by atoms with van der Waals surface area (Å²) in [7, 11) is -3.55. The Bertz CT molecular complexity index is 761. The van der Waals surface area contributed by atoms with Crippen LogP contribution < -0.4 is 0 Å². The average molecular weight is 379 g/mol. The fourth-order valence-electron chi connectivity index (χ4n) is 4.36. The molecule has 1 aliphatic heterocycles. The van der Waals surface area contributed by atoms with Crippen LogP contribution in [-0.2, 0) is 25.8 Å². The second kappa shape index (κ2) is 7.78. The number of likely N-dealkylation sites (tertiary alicyclic amines) is 1.